The summed E-state index contributed by atoms with van der Waals surface area (Å²) in [6.45, 7) is 5.07. The van der Waals surface area contributed by atoms with Crippen molar-refractivity contribution in [2.45, 2.75) is 18.7 Å². The van der Waals surface area contributed by atoms with Gasteiger partial charge in [0.25, 0.3) is 5.69 Å². The zero-order valence-corrected chi connectivity index (χ0v) is 13.7. The minimum atomic E-state index is -3.93. The molecule has 124 valence electrons. The van der Waals surface area contributed by atoms with Gasteiger partial charge in [0, 0.05) is 32.8 Å². The normalized spacial score (nSPS) is 11.6. The van der Waals surface area contributed by atoms with Crippen LogP contribution in [0.3, 0.4) is 0 Å². The van der Waals surface area contributed by atoms with Gasteiger partial charge in [-0.3, -0.25) is 10.1 Å². The Labute approximate surface area is 130 Å². The number of benzene rings is 1. The summed E-state index contributed by atoms with van der Waals surface area (Å²) in [4.78, 5) is 10.1. The van der Waals surface area contributed by atoms with Gasteiger partial charge in [-0.25, -0.2) is 13.1 Å². The number of nitrogens with one attached hydrogen (secondary N) is 2. The molecule has 22 heavy (non-hydrogen) atoms. The maximum Gasteiger partial charge on any atom is 0.289 e. The fourth-order valence-corrected chi connectivity index (χ4v) is 3.05. The zero-order chi connectivity index (χ0) is 16.8. The Balaban J connectivity index is 2.84. The SMILES string of the molecule is COCCNCCNS(=O)(=O)c1cc(C)c(C)cc1[N+](=O)[O-]. The van der Waals surface area contributed by atoms with Crippen LogP contribution >= 0.6 is 0 Å². The van der Waals surface area contributed by atoms with Crippen LogP contribution in [0.25, 0.3) is 0 Å². The molecule has 1 rings (SSSR count). The summed E-state index contributed by atoms with van der Waals surface area (Å²) in [5.74, 6) is 0. The molecule has 2 N–H and O–H groups in total. The highest BCUT2D eigenvalue weighted by atomic mass is 32.2. The number of sulfonamides is 1. The largest absolute Gasteiger partial charge is 0.383 e. The molecule has 0 spiro atoms. The molecule has 0 bridgehead atoms. The third kappa shape index (κ3) is 5.02. The second kappa shape index (κ2) is 8.18. The summed E-state index contributed by atoms with van der Waals surface area (Å²) in [5.41, 5.74) is 0.944. The highest BCUT2D eigenvalue weighted by molar-refractivity contribution is 7.89. The van der Waals surface area contributed by atoms with E-state index in [1.54, 1.807) is 21.0 Å². The molecule has 0 amide bonds. The number of methoxy groups -OCH3 is 1. The number of nitrogens with zero attached hydrogens (tertiary/aromatic N) is 1. The Kier molecular flexibility index (Phi) is 6.88. The van der Waals surface area contributed by atoms with E-state index in [1.807, 2.05) is 0 Å². The molecule has 8 nitrogen and oxygen atoms in total. The second-order valence-corrected chi connectivity index (χ2v) is 6.54. The molecule has 9 heteroatoms. The Morgan fingerprint density at radius 1 is 1.18 bits per heavy atom. The van der Waals surface area contributed by atoms with Crippen molar-refractivity contribution < 1.29 is 18.1 Å². The van der Waals surface area contributed by atoms with Gasteiger partial charge in [0.2, 0.25) is 10.0 Å². The molecular formula is C13H21N3O5S. The minimum absolute atomic E-state index is 0.135. The van der Waals surface area contributed by atoms with E-state index in [4.69, 9.17) is 4.74 Å². The summed E-state index contributed by atoms with van der Waals surface area (Å²) in [6, 6.07) is 2.61. The average molecular weight is 331 g/mol. The van der Waals surface area contributed by atoms with E-state index in [0.717, 1.165) is 0 Å². The molecule has 0 heterocycles. The summed E-state index contributed by atoms with van der Waals surface area (Å²) in [7, 11) is -2.36. The lowest BCUT2D eigenvalue weighted by Gasteiger charge is -2.10. The molecule has 0 aliphatic rings. The highest BCUT2D eigenvalue weighted by Gasteiger charge is 2.26. The molecule has 1 aromatic carbocycles. The smallest absolute Gasteiger partial charge is 0.289 e. The van der Waals surface area contributed by atoms with Gasteiger partial charge in [-0.1, -0.05) is 0 Å². The second-order valence-electron chi connectivity index (χ2n) is 4.80. The Morgan fingerprint density at radius 2 is 1.82 bits per heavy atom. The van der Waals surface area contributed by atoms with Crippen LogP contribution in [-0.4, -0.2) is 46.7 Å². The van der Waals surface area contributed by atoms with Gasteiger partial charge in [0.1, 0.15) is 0 Å². The quantitative estimate of drug-likeness (QED) is 0.392. The van der Waals surface area contributed by atoms with Crippen LogP contribution in [0.15, 0.2) is 17.0 Å². The fourth-order valence-electron chi connectivity index (χ4n) is 1.78. The number of hydrogen-bond donors (Lipinski definition) is 2. The van der Waals surface area contributed by atoms with Crippen LogP contribution < -0.4 is 10.0 Å². The summed E-state index contributed by atoms with van der Waals surface area (Å²) in [5, 5.41) is 14.0. The average Bonchev–Trinajstić information content (AvgIpc) is 2.44. The zero-order valence-electron chi connectivity index (χ0n) is 12.9. The van der Waals surface area contributed by atoms with Crippen LogP contribution in [0.1, 0.15) is 11.1 Å². The molecule has 0 aromatic heterocycles. The van der Waals surface area contributed by atoms with Crippen molar-refractivity contribution >= 4 is 15.7 Å². The van der Waals surface area contributed by atoms with E-state index in [0.29, 0.717) is 30.8 Å². The molecule has 0 aliphatic carbocycles. The maximum atomic E-state index is 12.2. The van der Waals surface area contributed by atoms with Gasteiger partial charge in [0.15, 0.2) is 4.90 Å². The fraction of sp³-hybridized carbons (Fsp3) is 0.538. The van der Waals surface area contributed by atoms with E-state index >= 15 is 0 Å². The van der Waals surface area contributed by atoms with E-state index in [9.17, 15) is 18.5 Å². The molecule has 0 atom stereocenters. The van der Waals surface area contributed by atoms with Crippen molar-refractivity contribution in [2.24, 2.45) is 0 Å². The van der Waals surface area contributed by atoms with Crippen LogP contribution in [0.4, 0.5) is 5.69 Å². The predicted molar refractivity (Wildman–Crippen MR) is 82.5 cm³/mol. The molecule has 1 aromatic rings. The van der Waals surface area contributed by atoms with Crippen molar-refractivity contribution in [3.05, 3.63) is 33.4 Å². The van der Waals surface area contributed by atoms with Crippen molar-refractivity contribution in [3.63, 3.8) is 0 Å². The number of nitro groups is 1. The topological polar surface area (TPSA) is 111 Å². The lowest BCUT2D eigenvalue weighted by Crippen LogP contribution is -2.33. The van der Waals surface area contributed by atoms with Gasteiger partial charge in [-0.05, 0) is 31.0 Å². The third-order valence-corrected chi connectivity index (χ3v) is 4.63. The van der Waals surface area contributed by atoms with Crippen LogP contribution in [0.5, 0.6) is 0 Å². The molecule has 0 radical (unpaired) electrons. The highest BCUT2D eigenvalue weighted by Crippen LogP contribution is 2.26. The maximum absolute atomic E-state index is 12.2. The number of nitro benzene ring substituents is 1. The van der Waals surface area contributed by atoms with Crippen LogP contribution in [0, 0.1) is 24.0 Å². The molecule has 0 saturated carbocycles. The van der Waals surface area contributed by atoms with E-state index in [-0.39, 0.29) is 11.4 Å². The minimum Gasteiger partial charge on any atom is -0.383 e. The van der Waals surface area contributed by atoms with Crippen LogP contribution in [-0.2, 0) is 14.8 Å². The Bertz CT molecular complexity index is 631. The summed E-state index contributed by atoms with van der Waals surface area (Å²) >= 11 is 0. The summed E-state index contributed by atoms with van der Waals surface area (Å²) < 4.78 is 31.7. The standard InChI is InChI=1S/C13H21N3O5S/c1-10-8-12(16(17)18)13(9-11(10)2)22(19,20)15-5-4-14-6-7-21-3/h8-9,14-15H,4-7H2,1-3H3. The van der Waals surface area contributed by atoms with Crippen LogP contribution in [0.2, 0.25) is 0 Å². The molecular weight excluding hydrogens is 310 g/mol. The monoisotopic (exact) mass is 331 g/mol. The van der Waals surface area contributed by atoms with Gasteiger partial charge in [-0.15, -0.1) is 0 Å². The van der Waals surface area contributed by atoms with Gasteiger partial charge < -0.3 is 10.1 Å². The lowest BCUT2D eigenvalue weighted by molar-refractivity contribution is -0.387. The number of hydrogen-bond acceptors (Lipinski definition) is 6. The van der Waals surface area contributed by atoms with Gasteiger partial charge >= 0.3 is 0 Å². The lowest BCUT2D eigenvalue weighted by atomic mass is 10.1. The Hall–Kier alpha value is -1.55. The van der Waals surface area contributed by atoms with Crippen molar-refractivity contribution in [1.29, 1.82) is 0 Å². The first-order valence-electron chi connectivity index (χ1n) is 6.74. The van der Waals surface area contributed by atoms with E-state index in [2.05, 4.69) is 10.0 Å². The third-order valence-electron chi connectivity index (χ3n) is 3.14. The number of ether oxygens (including phenoxy) is 1. The van der Waals surface area contributed by atoms with E-state index < -0.39 is 20.6 Å². The number of aryl methyl sites for hydroxylation is 2. The van der Waals surface area contributed by atoms with Crippen molar-refractivity contribution in [1.82, 2.24) is 10.0 Å². The van der Waals surface area contributed by atoms with Gasteiger partial charge in [0.05, 0.1) is 11.5 Å². The van der Waals surface area contributed by atoms with Crippen molar-refractivity contribution in [2.75, 3.05) is 33.4 Å². The van der Waals surface area contributed by atoms with E-state index in [1.165, 1.54) is 12.1 Å². The first-order chi connectivity index (χ1) is 10.3. The van der Waals surface area contributed by atoms with Gasteiger partial charge in [-0.2, -0.15) is 0 Å². The molecule has 0 unspecified atom stereocenters. The molecule has 0 saturated heterocycles. The predicted octanol–water partition coefficient (Wildman–Crippen LogP) is 0.726. The Morgan fingerprint density at radius 3 is 2.41 bits per heavy atom. The number of rotatable bonds is 9. The molecule has 0 aliphatic heterocycles. The first kappa shape index (κ1) is 18.5. The molecule has 0 fully saturated rings. The van der Waals surface area contributed by atoms with Crippen molar-refractivity contribution in [3.8, 4) is 0 Å². The first-order valence-corrected chi connectivity index (χ1v) is 8.23. The summed E-state index contributed by atoms with van der Waals surface area (Å²) in [6.07, 6.45) is 0.